The number of esters is 1. The molecular formula is C40H79NO7P+. The maximum atomic E-state index is 12.3. The van der Waals surface area contributed by atoms with Crippen molar-refractivity contribution in [3.8, 4) is 0 Å². The van der Waals surface area contributed by atoms with E-state index in [9.17, 15) is 14.3 Å². The fourth-order valence-electron chi connectivity index (χ4n) is 5.35. The molecule has 49 heavy (non-hydrogen) atoms. The zero-order valence-corrected chi connectivity index (χ0v) is 33.6. The van der Waals surface area contributed by atoms with Crippen LogP contribution in [0.1, 0.15) is 168 Å². The largest absolute Gasteiger partial charge is 0.472 e. The molecule has 0 aliphatic rings. The third-order valence-corrected chi connectivity index (χ3v) is 9.50. The van der Waals surface area contributed by atoms with Crippen molar-refractivity contribution in [3.05, 3.63) is 24.3 Å². The van der Waals surface area contributed by atoms with Crippen molar-refractivity contribution < 1.29 is 37.3 Å². The van der Waals surface area contributed by atoms with Crippen LogP contribution in [0.4, 0.5) is 0 Å². The molecule has 0 aromatic carbocycles. The molecule has 0 aromatic rings. The van der Waals surface area contributed by atoms with Crippen molar-refractivity contribution >= 4 is 13.8 Å². The Hall–Kier alpha value is -1.02. The van der Waals surface area contributed by atoms with Gasteiger partial charge in [0.05, 0.1) is 34.4 Å². The van der Waals surface area contributed by atoms with Crippen LogP contribution in [0.3, 0.4) is 0 Å². The normalized spacial score (nSPS) is 14.2. The Morgan fingerprint density at radius 1 is 0.633 bits per heavy atom. The highest BCUT2D eigenvalue weighted by Crippen LogP contribution is 2.43. The number of phosphoric ester groups is 1. The molecule has 0 aromatic heterocycles. The number of carbonyl (C=O) groups excluding carboxylic acids is 1. The maximum absolute atomic E-state index is 12.3. The van der Waals surface area contributed by atoms with Gasteiger partial charge in [0.2, 0.25) is 0 Å². The minimum Gasteiger partial charge on any atom is -0.457 e. The lowest BCUT2D eigenvalue weighted by Crippen LogP contribution is -2.37. The topological polar surface area (TPSA) is 91.3 Å². The van der Waals surface area contributed by atoms with E-state index in [4.69, 9.17) is 18.5 Å². The van der Waals surface area contributed by atoms with Gasteiger partial charge in [-0.05, 0) is 44.9 Å². The van der Waals surface area contributed by atoms with Crippen LogP contribution < -0.4 is 0 Å². The molecule has 0 aliphatic carbocycles. The lowest BCUT2D eigenvalue weighted by molar-refractivity contribution is -0.870. The van der Waals surface area contributed by atoms with E-state index in [-0.39, 0.29) is 25.8 Å². The van der Waals surface area contributed by atoms with Crippen LogP contribution >= 0.6 is 7.82 Å². The van der Waals surface area contributed by atoms with E-state index >= 15 is 0 Å². The Labute approximate surface area is 303 Å². The molecule has 0 spiro atoms. The van der Waals surface area contributed by atoms with Crippen LogP contribution in [0.5, 0.6) is 0 Å². The molecule has 1 N–H and O–H groups in total. The molecule has 2 unspecified atom stereocenters. The van der Waals surface area contributed by atoms with Crippen molar-refractivity contribution in [1.29, 1.82) is 0 Å². The summed E-state index contributed by atoms with van der Waals surface area (Å²) >= 11 is 0. The van der Waals surface area contributed by atoms with Crippen molar-refractivity contribution in [2.24, 2.45) is 0 Å². The summed E-state index contributed by atoms with van der Waals surface area (Å²) in [6, 6.07) is 0. The summed E-state index contributed by atoms with van der Waals surface area (Å²) < 4.78 is 34.5. The van der Waals surface area contributed by atoms with E-state index in [1.165, 1.54) is 109 Å². The average molecular weight is 717 g/mol. The summed E-state index contributed by atoms with van der Waals surface area (Å²) in [4.78, 5) is 22.3. The first-order chi connectivity index (χ1) is 23.6. The van der Waals surface area contributed by atoms with E-state index in [1.54, 1.807) is 0 Å². The molecule has 0 fully saturated rings. The predicted molar refractivity (Wildman–Crippen MR) is 206 cm³/mol. The zero-order valence-electron chi connectivity index (χ0n) is 32.7. The van der Waals surface area contributed by atoms with Crippen LogP contribution in [-0.2, 0) is 27.9 Å². The van der Waals surface area contributed by atoms with Crippen molar-refractivity contribution in [2.45, 2.75) is 174 Å². The van der Waals surface area contributed by atoms with Crippen molar-refractivity contribution in [2.75, 3.05) is 54.1 Å². The van der Waals surface area contributed by atoms with E-state index in [0.717, 1.165) is 38.5 Å². The monoisotopic (exact) mass is 717 g/mol. The molecule has 0 heterocycles. The highest BCUT2D eigenvalue weighted by atomic mass is 31.2. The smallest absolute Gasteiger partial charge is 0.457 e. The van der Waals surface area contributed by atoms with Crippen LogP contribution in [0.15, 0.2) is 24.3 Å². The van der Waals surface area contributed by atoms with Gasteiger partial charge >= 0.3 is 13.8 Å². The van der Waals surface area contributed by atoms with Gasteiger partial charge in [-0.1, -0.05) is 141 Å². The molecular weight excluding hydrogens is 637 g/mol. The van der Waals surface area contributed by atoms with Gasteiger partial charge in [-0.15, -0.1) is 0 Å². The molecule has 9 heteroatoms. The lowest BCUT2D eigenvalue weighted by atomic mass is 10.0. The Kier molecular flexibility index (Phi) is 33.4. The SMILES string of the molecule is CCCCCCC/C=C\C/C=C\CCCCCCCCCCCCCCOCC(COP(=O)(O)OCC[N+](C)(C)C)OC(=O)CCCCC. The molecule has 8 nitrogen and oxygen atoms in total. The van der Waals surface area contributed by atoms with E-state index < -0.39 is 13.9 Å². The molecule has 0 rings (SSSR count). The number of allylic oxidation sites excluding steroid dienone is 4. The molecule has 2 atom stereocenters. The number of rotatable bonds is 37. The summed E-state index contributed by atoms with van der Waals surface area (Å²) in [6.45, 7) is 5.44. The number of likely N-dealkylation sites (N-methyl/N-ethyl adjacent to an activating group) is 1. The number of carbonyl (C=O) groups is 1. The number of hydrogen-bond acceptors (Lipinski definition) is 6. The minimum absolute atomic E-state index is 0.0888. The number of nitrogens with zero attached hydrogens (tertiary/aromatic N) is 1. The number of hydrogen-bond donors (Lipinski definition) is 1. The van der Waals surface area contributed by atoms with E-state index in [0.29, 0.717) is 24.1 Å². The number of phosphoric acid groups is 1. The van der Waals surface area contributed by atoms with Crippen LogP contribution in [0.25, 0.3) is 0 Å². The van der Waals surface area contributed by atoms with Crippen molar-refractivity contribution in [3.63, 3.8) is 0 Å². The Morgan fingerprint density at radius 3 is 1.65 bits per heavy atom. The molecule has 0 aliphatic heterocycles. The second kappa shape index (κ2) is 34.1. The fraction of sp³-hybridized carbons (Fsp3) is 0.875. The first-order valence-corrected chi connectivity index (χ1v) is 21.6. The second-order valence-corrected chi connectivity index (χ2v) is 16.1. The van der Waals surface area contributed by atoms with Gasteiger partial charge in [0.25, 0.3) is 0 Å². The van der Waals surface area contributed by atoms with Crippen molar-refractivity contribution in [1.82, 2.24) is 0 Å². The summed E-state index contributed by atoms with van der Waals surface area (Å²) in [7, 11) is 1.66. The highest BCUT2D eigenvalue weighted by molar-refractivity contribution is 7.47. The first-order valence-electron chi connectivity index (χ1n) is 20.1. The van der Waals surface area contributed by atoms with Crippen LogP contribution in [-0.4, -0.2) is 75.6 Å². The predicted octanol–water partition coefficient (Wildman–Crippen LogP) is 11.3. The molecule has 0 bridgehead atoms. The molecule has 0 radical (unpaired) electrons. The minimum atomic E-state index is -4.25. The van der Waals surface area contributed by atoms with Gasteiger partial charge < -0.3 is 18.9 Å². The summed E-state index contributed by atoms with van der Waals surface area (Å²) in [6.07, 6.45) is 37.2. The highest BCUT2D eigenvalue weighted by Gasteiger charge is 2.26. The molecule has 0 saturated heterocycles. The maximum Gasteiger partial charge on any atom is 0.472 e. The fourth-order valence-corrected chi connectivity index (χ4v) is 6.09. The summed E-state index contributed by atoms with van der Waals surface area (Å²) in [5.41, 5.74) is 0. The van der Waals surface area contributed by atoms with E-state index in [2.05, 4.69) is 38.2 Å². The summed E-state index contributed by atoms with van der Waals surface area (Å²) in [5, 5.41) is 0. The molecule has 0 saturated carbocycles. The Balaban J connectivity index is 3.84. The molecule has 0 amide bonds. The van der Waals surface area contributed by atoms with Gasteiger partial charge in [-0.2, -0.15) is 0 Å². The van der Waals surface area contributed by atoms with Gasteiger partial charge in [0.1, 0.15) is 19.3 Å². The third kappa shape index (κ3) is 38.1. The quantitative estimate of drug-likeness (QED) is 0.0225. The Morgan fingerprint density at radius 2 is 1.12 bits per heavy atom. The van der Waals surface area contributed by atoms with Gasteiger partial charge in [0, 0.05) is 13.0 Å². The number of quaternary nitrogens is 1. The zero-order chi connectivity index (χ0) is 36.3. The van der Waals surface area contributed by atoms with Gasteiger partial charge in [-0.3, -0.25) is 13.8 Å². The number of ether oxygens (including phenoxy) is 2. The number of unbranched alkanes of at least 4 members (excludes halogenated alkanes) is 19. The Bertz CT molecular complexity index is 843. The third-order valence-electron chi connectivity index (χ3n) is 8.52. The average Bonchev–Trinajstić information content (AvgIpc) is 3.04. The first kappa shape index (κ1) is 48.0. The van der Waals surface area contributed by atoms with Gasteiger partial charge in [-0.25, -0.2) is 4.57 Å². The standard InChI is InChI=1S/C40H78NO7P/c1-6-8-10-11-12-13-14-15-16-17-18-19-20-21-22-23-24-25-26-27-28-29-30-32-35-45-37-39(48-40(42)33-31-9-7-2)38-47-49(43,44)46-36-34-41(3,4)5/h14-15,17-18,39H,6-13,16,19-38H2,1-5H3/p+1/b15-14-,18-17-. The van der Waals surface area contributed by atoms with Gasteiger partial charge in [0.15, 0.2) is 0 Å². The molecule has 290 valence electrons. The second-order valence-electron chi connectivity index (χ2n) is 14.7. The van der Waals surface area contributed by atoms with E-state index in [1.807, 2.05) is 21.1 Å². The van der Waals surface area contributed by atoms with Crippen LogP contribution in [0, 0.1) is 0 Å². The lowest BCUT2D eigenvalue weighted by Gasteiger charge is -2.24. The van der Waals surface area contributed by atoms with Crippen LogP contribution in [0.2, 0.25) is 0 Å². The summed E-state index contributed by atoms with van der Waals surface area (Å²) in [5.74, 6) is -0.338.